The first kappa shape index (κ1) is 17.0. The second-order valence-corrected chi connectivity index (χ2v) is 7.05. The molecule has 0 spiro atoms. The summed E-state index contributed by atoms with van der Waals surface area (Å²) >= 11 is 1.68. The molecule has 0 saturated heterocycles. The molecule has 0 aliphatic heterocycles. The number of aromatic nitrogens is 2. The third-order valence-electron chi connectivity index (χ3n) is 3.79. The van der Waals surface area contributed by atoms with Gasteiger partial charge in [0, 0.05) is 25.2 Å². The molecular weight excluding hydrogens is 322 g/mol. The number of nitrogens with one attached hydrogen (secondary N) is 1. The molecule has 3 aromatic rings. The standard InChI is InChI=1S/C18H23N3O2S/c1-12(2)19-10-13(22)11-23-16-7-5-4-6-14(16)17-18-15(8-9-24-18)21(3)20-17/h4-9,12-13,19,22H,10-11H2,1-3H3. The molecule has 0 amide bonds. The van der Waals surface area contributed by atoms with Crippen LogP contribution in [0.3, 0.4) is 0 Å². The molecule has 2 aromatic heterocycles. The van der Waals surface area contributed by atoms with Crippen molar-refractivity contribution in [3.63, 3.8) is 0 Å². The van der Waals surface area contributed by atoms with Gasteiger partial charge in [0.05, 0.1) is 10.2 Å². The molecule has 0 aliphatic carbocycles. The zero-order chi connectivity index (χ0) is 17.1. The minimum atomic E-state index is -0.550. The number of benzene rings is 1. The summed E-state index contributed by atoms with van der Waals surface area (Å²) < 4.78 is 8.92. The van der Waals surface area contributed by atoms with Gasteiger partial charge in [0.1, 0.15) is 24.2 Å². The van der Waals surface area contributed by atoms with Crippen molar-refractivity contribution in [2.24, 2.45) is 7.05 Å². The summed E-state index contributed by atoms with van der Waals surface area (Å²) in [6.07, 6.45) is -0.550. The average Bonchev–Trinajstić information content (AvgIpc) is 3.15. The lowest BCUT2D eigenvalue weighted by molar-refractivity contribution is 0.105. The van der Waals surface area contributed by atoms with E-state index in [1.165, 1.54) is 0 Å². The minimum absolute atomic E-state index is 0.247. The summed E-state index contributed by atoms with van der Waals surface area (Å²) in [6, 6.07) is 10.3. The highest BCUT2D eigenvalue weighted by Gasteiger charge is 2.16. The Balaban J connectivity index is 1.80. The molecule has 0 bridgehead atoms. The van der Waals surface area contributed by atoms with Gasteiger partial charge >= 0.3 is 0 Å². The number of fused-ring (bicyclic) bond motifs is 1. The molecule has 1 atom stereocenters. The second kappa shape index (κ2) is 7.34. The van der Waals surface area contributed by atoms with Crippen LogP contribution in [0.4, 0.5) is 0 Å². The molecular formula is C18H23N3O2S. The van der Waals surface area contributed by atoms with Crippen LogP contribution in [0, 0.1) is 0 Å². The fourth-order valence-corrected chi connectivity index (χ4v) is 3.48. The molecule has 1 aromatic carbocycles. The largest absolute Gasteiger partial charge is 0.490 e. The Morgan fingerprint density at radius 1 is 1.29 bits per heavy atom. The van der Waals surface area contributed by atoms with Crippen molar-refractivity contribution in [1.29, 1.82) is 0 Å². The van der Waals surface area contributed by atoms with Gasteiger partial charge in [-0.1, -0.05) is 26.0 Å². The van der Waals surface area contributed by atoms with Gasteiger partial charge in [-0.3, -0.25) is 4.68 Å². The van der Waals surface area contributed by atoms with Crippen molar-refractivity contribution in [2.45, 2.75) is 26.0 Å². The Hall–Kier alpha value is -1.89. The van der Waals surface area contributed by atoms with Gasteiger partial charge in [-0.05, 0) is 23.6 Å². The molecule has 128 valence electrons. The molecule has 5 nitrogen and oxygen atoms in total. The van der Waals surface area contributed by atoms with Gasteiger partial charge < -0.3 is 15.2 Å². The lowest BCUT2D eigenvalue weighted by Gasteiger charge is -2.16. The van der Waals surface area contributed by atoms with E-state index in [2.05, 4.69) is 35.7 Å². The Morgan fingerprint density at radius 3 is 2.88 bits per heavy atom. The summed E-state index contributed by atoms with van der Waals surface area (Å²) in [5.41, 5.74) is 2.99. The zero-order valence-corrected chi connectivity index (χ0v) is 15.0. The lowest BCUT2D eigenvalue weighted by Crippen LogP contribution is -2.35. The van der Waals surface area contributed by atoms with Crippen LogP contribution in [-0.2, 0) is 7.05 Å². The van der Waals surface area contributed by atoms with Crippen LogP contribution >= 0.6 is 11.3 Å². The van der Waals surface area contributed by atoms with Gasteiger partial charge in [0.15, 0.2) is 0 Å². The molecule has 3 rings (SSSR count). The number of aryl methyl sites for hydroxylation is 1. The van der Waals surface area contributed by atoms with Crippen LogP contribution in [-0.4, -0.2) is 40.2 Å². The Labute approximate surface area is 145 Å². The normalized spacial score (nSPS) is 12.9. The quantitative estimate of drug-likeness (QED) is 0.691. The smallest absolute Gasteiger partial charge is 0.128 e. The van der Waals surface area contributed by atoms with Gasteiger partial charge in [-0.25, -0.2) is 0 Å². The van der Waals surface area contributed by atoms with Crippen molar-refractivity contribution in [1.82, 2.24) is 15.1 Å². The van der Waals surface area contributed by atoms with Gasteiger partial charge in [-0.2, -0.15) is 5.10 Å². The van der Waals surface area contributed by atoms with E-state index in [0.717, 1.165) is 27.2 Å². The maximum absolute atomic E-state index is 10.1. The highest BCUT2D eigenvalue weighted by atomic mass is 32.1. The number of hydrogen-bond donors (Lipinski definition) is 2. The number of thiophene rings is 1. The molecule has 2 N–H and O–H groups in total. The van der Waals surface area contributed by atoms with E-state index in [9.17, 15) is 5.11 Å². The van der Waals surface area contributed by atoms with Gasteiger partial charge in [-0.15, -0.1) is 11.3 Å². The summed E-state index contributed by atoms with van der Waals surface area (Å²) in [5.74, 6) is 0.745. The van der Waals surface area contributed by atoms with E-state index >= 15 is 0 Å². The number of rotatable bonds is 7. The Bertz CT molecular complexity index is 810. The molecule has 0 aliphatic rings. The molecule has 6 heteroatoms. The third kappa shape index (κ3) is 3.61. The summed E-state index contributed by atoms with van der Waals surface area (Å²) in [4.78, 5) is 0. The minimum Gasteiger partial charge on any atom is -0.490 e. The maximum Gasteiger partial charge on any atom is 0.128 e. The lowest BCUT2D eigenvalue weighted by atomic mass is 10.1. The van der Waals surface area contributed by atoms with Crippen LogP contribution in [0.15, 0.2) is 35.7 Å². The average molecular weight is 345 g/mol. The molecule has 0 saturated carbocycles. The Kier molecular flexibility index (Phi) is 5.18. The fraction of sp³-hybridized carbons (Fsp3) is 0.389. The highest BCUT2D eigenvalue weighted by molar-refractivity contribution is 7.17. The second-order valence-electron chi connectivity index (χ2n) is 6.13. The fourth-order valence-electron chi connectivity index (χ4n) is 2.56. The molecule has 2 heterocycles. The van der Waals surface area contributed by atoms with E-state index in [1.807, 2.05) is 36.0 Å². The van der Waals surface area contributed by atoms with E-state index in [0.29, 0.717) is 12.6 Å². The van der Waals surface area contributed by atoms with Crippen molar-refractivity contribution < 1.29 is 9.84 Å². The highest BCUT2D eigenvalue weighted by Crippen LogP contribution is 2.36. The molecule has 1 unspecified atom stereocenters. The molecule has 0 fully saturated rings. The van der Waals surface area contributed by atoms with Crippen LogP contribution < -0.4 is 10.1 Å². The first-order valence-corrected chi connectivity index (χ1v) is 8.98. The van der Waals surface area contributed by atoms with Crippen LogP contribution in [0.1, 0.15) is 13.8 Å². The first-order chi connectivity index (χ1) is 11.6. The summed E-state index contributed by atoms with van der Waals surface area (Å²) in [6.45, 7) is 4.86. The molecule has 0 radical (unpaired) electrons. The first-order valence-electron chi connectivity index (χ1n) is 8.10. The number of hydrogen-bond acceptors (Lipinski definition) is 5. The van der Waals surface area contributed by atoms with E-state index in [-0.39, 0.29) is 6.61 Å². The van der Waals surface area contributed by atoms with Crippen molar-refractivity contribution in [3.05, 3.63) is 35.7 Å². The van der Waals surface area contributed by atoms with Gasteiger partial charge in [0.2, 0.25) is 0 Å². The van der Waals surface area contributed by atoms with Crippen LogP contribution in [0.25, 0.3) is 21.5 Å². The number of nitrogens with zero attached hydrogens (tertiary/aromatic N) is 2. The predicted molar refractivity (Wildman–Crippen MR) is 98.7 cm³/mol. The Morgan fingerprint density at radius 2 is 2.08 bits per heavy atom. The van der Waals surface area contributed by atoms with E-state index in [1.54, 1.807) is 11.3 Å². The van der Waals surface area contributed by atoms with Gasteiger partial charge in [0.25, 0.3) is 0 Å². The summed E-state index contributed by atoms with van der Waals surface area (Å²) in [7, 11) is 1.95. The number of aliphatic hydroxyl groups excluding tert-OH is 1. The van der Waals surface area contributed by atoms with Crippen molar-refractivity contribution in [2.75, 3.05) is 13.2 Å². The number of ether oxygens (including phenoxy) is 1. The topological polar surface area (TPSA) is 59.3 Å². The SMILES string of the molecule is CC(C)NCC(O)COc1ccccc1-c1nn(C)c2ccsc12. The predicted octanol–water partition coefficient (Wildman–Crippen LogP) is 3.04. The summed E-state index contributed by atoms with van der Waals surface area (Å²) in [5, 5.41) is 20.0. The monoisotopic (exact) mass is 345 g/mol. The van der Waals surface area contributed by atoms with Crippen molar-refractivity contribution in [3.8, 4) is 17.0 Å². The number of aliphatic hydroxyl groups is 1. The van der Waals surface area contributed by atoms with Crippen molar-refractivity contribution >= 4 is 21.6 Å². The number of para-hydroxylation sites is 1. The van der Waals surface area contributed by atoms with Crippen LogP contribution in [0.2, 0.25) is 0 Å². The maximum atomic E-state index is 10.1. The van der Waals surface area contributed by atoms with E-state index < -0.39 is 6.10 Å². The van der Waals surface area contributed by atoms with Crippen LogP contribution in [0.5, 0.6) is 5.75 Å². The zero-order valence-electron chi connectivity index (χ0n) is 14.2. The van der Waals surface area contributed by atoms with E-state index in [4.69, 9.17) is 4.74 Å². The third-order valence-corrected chi connectivity index (χ3v) is 4.70. The molecule has 24 heavy (non-hydrogen) atoms.